The first-order chi connectivity index (χ1) is 11.7. The highest BCUT2D eigenvalue weighted by Gasteiger charge is 2.25. The van der Waals surface area contributed by atoms with Gasteiger partial charge in [0, 0.05) is 31.2 Å². The van der Waals surface area contributed by atoms with E-state index >= 15 is 0 Å². The number of hydrogen-bond acceptors (Lipinski definition) is 7. The van der Waals surface area contributed by atoms with Gasteiger partial charge in [0.05, 0.1) is 44.1 Å². The van der Waals surface area contributed by atoms with Crippen molar-refractivity contribution >= 4 is 11.5 Å². The summed E-state index contributed by atoms with van der Waals surface area (Å²) in [5, 5.41) is 9.84. The van der Waals surface area contributed by atoms with E-state index in [1.54, 1.807) is 20.3 Å². The van der Waals surface area contributed by atoms with Gasteiger partial charge >= 0.3 is 0 Å². The van der Waals surface area contributed by atoms with Crippen molar-refractivity contribution in [3.05, 3.63) is 41.0 Å². The number of aromatic nitrogens is 1. The number of nitriles is 1. The van der Waals surface area contributed by atoms with Gasteiger partial charge in [0.25, 0.3) is 0 Å². The van der Waals surface area contributed by atoms with Crippen LogP contribution in [-0.2, 0) is 11.3 Å². The molecule has 0 amide bonds. The quantitative estimate of drug-likeness (QED) is 0.830. The van der Waals surface area contributed by atoms with Crippen LogP contribution in [0.25, 0.3) is 0 Å². The van der Waals surface area contributed by atoms with Crippen LogP contribution in [0.3, 0.4) is 0 Å². The molecule has 6 nitrogen and oxygen atoms in total. The molecule has 0 N–H and O–H groups in total. The van der Waals surface area contributed by atoms with Crippen molar-refractivity contribution in [3.63, 3.8) is 0 Å². The van der Waals surface area contributed by atoms with Crippen LogP contribution >= 0.6 is 11.5 Å². The van der Waals surface area contributed by atoms with Gasteiger partial charge in [-0.2, -0.15) is 9.64 Å². The molecule has 0 spiro atoms. The molecule has 1 aliphatic heterocycles. The summed E-state index contributed by atoms with van der Waals surface area (Å²) in [5.41, 5.74) is 2.65. The van der Waals surface area contributed by atoms with E-state index < -0.39 is 0 Å². The molecule has 24 heavy (non-hydrogen) atoms. The molecule has 2 aromatic rings. The minimum atomic E-state index is -0.0457. The Morgan fingerprint density at radius 1 is 1.42 bits per heavy atom. The second kappa shape index (κ2) is 7.62. The zero-order chi connectivity index (χ0) is 16.9. The summed E-state index contributed by atoms with van der Waals surface area (Å²) >= 11 is 1.30. The lowest BCUT2D eigenvalue weighted by Gasteiger charge is -2.33. The van der Waals surface area contributed by atoms with Crippen LogP contribution in [0.1, 0.15) is 22.8 Å². The predicted octanol–water partition coefficient (Wildman–Crippen LogP) is 2.61. The van der Waals surface area contributed by atoms with Gasteiger partial charge in [0.15, 0.2) is 0 Å². The largest absolute Gasteiger partial charge is 0.486 e. The molecule has 0 saturated carbocycles. The fraction of sp³-hybridized carbons (Fsp3) is 0.412. The Morgan fingerprint density at radius 2 is 2.29 bits per heavy atom. The molecule has 0 bridgehead atoms. The number of morpholine rings is 1. The fourth-order valence-corrected chi connectivity index (χ4v) is 3.50. The lowest BCUT2D eigenvalue weighted by molar-refractivity contribution is -0.0332. The Bertz CT molecular complexity index is 719. The number of benzene rings is 1. The monoisotopic (exact) mass is 345 g/mol. The van der Waals surface area contributed by atoms with Crippen molar-refractivity contribution in [2.24, 2.45) is 0 Å². The van der Waals surface area contributed by atoms with Crippen LogP contribution in [-0.4, -0.2) is 43.2 Å². The lowest BCUT2D eigenvalue weighted by Crippen LogP contribution is -2.37. The van der Waals surface area contributed by atoms with Crippen LogP contribution in [0.15, 0.2) is 24.3 Å². The molecule has 1 aromatic carbocycles. The Balaban J connectivity index is 1.74. The van der Waals surface area contributed by atoms with E-state index in [0.717, 1.165) is 29.3 Å². The minimum Gasteiger partial charge on any atom is -0.486 e. The highest BCUT2D eigenvalue weighted by Crippen LogP contribution is 2.34. The van der Waals surface area contributed by atoms with E-state index in [0.29, 0.717) is 24.6 Å². The highest BCUT2D eigenvalue weighted by atomic mass is 32.1. The first-order valence-electron chi connectivity index (χ1n) is 7.65. The maximum absolute atomic E-state index is 9.06. The molecular weight excluding hydrogens is 326 g/mol. The van der Waals surface area contributed by atoms with Crippen LogP contribution in [0, 0.1) is 11.3 Å². The summed E-state index contributed by atoms with van der Waals surface area (Å²) in [6, 6.07) is 9.76. The molecule has 1 saturated heterocycles. The average Bonchev–Trinajstić information content (AvgIpc) is 3.03. The molecule has 7 heteroatoms. The zero-order valence-corrected chi connectivity index (χ0v) is 14.5. The van der Waals surface area contributed by atoms with Crippen molar-refractivity contribution < 1.29 is 14.2 Å². The molecule has 1 aromatic heterocycles. The van der Waals surface area contributed by atoms with Crippen molar-refractivity contribution in [3.8, 4) is 17.0 Å². The topological polar surface area (TPSA) is 67.6 Å². The summed E-state index contributed by atoms with van der Waals surface area (Å²) in [6.07, 6.45) is -0.0457. The Kier molecular flexibility index (Phi) is 5.30. The summed E-state index contributed by atoms with van der Waals surface area (Å²) in [6.45, 7) is 2.91. The maximum Gasteiger partial charge on any atom is 0.233 e. The first kappa shape index (κ1) is 16.7. The van der Waals surface area contributed by atoms with Gasteiger partial charge in [-0.1, -0.05) is 12.1 Å². The number of ether oxygens (including phenoxy) is 3. The second-order valence-corrected chi connectivity index (χ2v) is 6.23. The average molecular weight is 345 g/mol. The van der Waals surface area contributed by atoms with Crippen LogP contribution in [0.2, 0.25) is 0 Å². The third-order valence-corrected chi connectivity index (χ3v) is 4.85. The van der Waals surface area contributed by atoms with Crippen molar-refractivity contribution in [2.75, 3.05) is 33.9 Å². The Morgan fingerprint density at radius 3 is 3.04 bits per heavy atom. The molecular formula is C17H19N3O3S. The zero-order valence-electron chi connectivity index (χ0n) is 13.7. The second-order valence-electron chi connectivity index (χ2n) is 5.49. The van der Waals surface area contributed by atoms with Gasteiger partial charge < -0.3 is 14.2 Å². The van der Waals surface area contributed by atoms with Crippen LogP contribution < -0.4 is 9.47 Å². The van der Waals surface area contributed by atoms with Gasteiger partial charge in [-0.3, -0.25) is 4.90 Å². The minimum absolute atomic E-state index is 0.0457. The molecule has 1 aliphatic rings. The third kappa shape index (κ3) is 3.51. The number of rotatable bonds is 5. The molecule has 0 aliphatic carbocycles. The SMILES string of the molecule is COc1nsc(OC)c1CN1CCOC(c2cccc(C#N)c2)C1. The normalized spacial score (nSPS) is 18.1. The van der Waals surface area contributed by atoms with E-state index in [1.807, 2.05) is 18.2 Å². The van der Waals surface area contributed by atoms with E-state index in [4.69, 9.17) is 19.5 Å². The predicted molar refractivity (Wildman–Crippen MR) is 90.3 cm³/mol. The fourth-order valence-electron chi connectivity index (χ4n) is 2.81. The molecule has 0 radical (unpaired) electrons. The van der Waals surface area contributed by atoms with Crippen LogP contribution in [0.5, 0.6) is 10.9 Å². The van der Waals surface area contributed by atoms with E-state index in [1.165, 1.54) is 11.5 Å². The standard InChI is InChI=1S/C17H19N3O3S/c1-21-16-14(17(22-2)24-19-16)10-20-6-7-23-15(11-20)13-5-3-4-12(8-13)9-18/h3-5,8,15H,6-7,10-11H2,1-2H3. The highest BCUT2D eigenvalue weighted by molar-refractivity contribution is 7.08. The lowest BCUT2D eigenvalue weighted by atomic mass is 10.0. The third-order valence-electron chi connectivity index (χ3n) is 4.01. The molecule has 2 heterocycles. The van der Waals surface area contributed by atoms with Crippen LogP contribution in [0.4, 0.5) is 0 Å². The smallest absolute Gasteiger partial charge is 0.233 e. The van der Waals surface area contributed by atoms with Crippen molar-refractivity contribution in [1.82, 2.24) is 9.27 Å². The van der Waals surface area contributed by atoms with Gasteiger partial charge in [0.2, 0.25) is 10.9 Å². The molecule has 1 atom stereocenters. The Labute approximate surface area is 145 Å². The number of nitrogens with zero attached hydrogens (tertiary/aromatic N) is 3. The first-order valence-corrected chi connectivity index (χ1v) is 8.43. The van der Waals surface area contributed by atoms with E-state index in [-0.39, 0.29) is 6.10 Å². The maximum atomic E-state index is 9.06. The summed E-state index contributed by atoms with van der Waals surface area (Å²) < 4.78 is 20.9. The van der Waals surface area contributed by atoms with E-state index in [9.17, 15) is 0 Å². The van der Waals surface area contributed by atoms with Gasteiger partial charge in [0.1, 0.15) is 0 Å². The molecule has 1 fully saturated rings. The molecule has 1 unspecified atom stereocenters. The summed E-state index contributed by atoms with van der Waals surface area (Å²) in [5.74, 6) is 0.617. The number of hydrogen-bond donors (Lipinski definition) is 0. The van der Waals surface area contributed by atoms with Gasteiger partial charge in [-0.15, -0.1) is 0 Å². The van der Waals surface area contributed by atoms with Gasteiger partial charge in [-0.05, 0) is 17.7 Å². The molecule has 3 rings (SSSR count). The van der Waals surface area contributed by atoms with Crippen molar-refractivity contribution in [2.45, 2.75) is 12.6 Å². The summed E-state index contributed by atoms with van der Waals surface area (Å²) in [4.78, 5) is 2.29. The molecule has 126 valence electrons. The van der Waals surface area contributed by atoms with E-state index in [2.05, 4.69) is 15.3 Å². The Hall–Kier alpha value is -2.14. The summed E-state index contributed by atoms with van der Waals surface area (Å²) in [7, 11) is 3.26. The number of methoxy groups -OCH3 is 2. The van der Waals surface area contributed by atoms with Crippen molar-refractivity contribution in [1.29, 1.82) is 5.26 Å². The van der Waals surface area contributed by atoms with Gasteiger partial charge in [-0.25, -0.2) is 0 Å².